The van der Waals surface area contributed by atoms with E-state index < -0.39 is 12.5 Å². The number of aromatic nitrogens is 4. The van der Waals surface area contributed by atoms with Crippen LogP contribution in [0, 0.1) is 6.92 Å². The standard InChI is InChI=1S/C22H16ClF2N5O3S/c1-11-8-15(14-4-2-3-5-16(14)33-21(24)25)17(19(26)31)18(28-11)20-29-30-22(34-20)32-10-13-7-6-12(23)9-27-13/h2-9,21H,10H2,1H3,(H2,26,31). The second-order valence-electron chi connectivity index (χ2n) is 6.90. The van der Waals surface area contributed by atoms with Crippen LogP contribution in [0.2, 0.25) is 5.02 Å². The number of nitrogens with two attached hydrogens (primary N) is 1. The maximum absolute atomic E-state index is 12.9. The minimum absolute atomic E-state index is 0.00187. The molecule has 0 fully saturated rings. The molecule has 0 aliphatic heterocycles. The van der Waals surface area contributed by atoms with Crippen molar-refractivity contribution in [2.75, 3.05) is 0 Å². The van der Waals surface area contributed by atoms with Crippen LogP contribution in [0.15, 0.2) is 48.7 Å². The largest absolute Gasteiger partial charge is 0.462 e. The van der Waals surface area contributed by atoms with Gasteiger partial charge in [0.15, 0.2) is 5.01 Å². The number of hydrogen-bond acceptors (Lipinski definition) is 8. The van der Waals surface area contributed by atoms with Gasteiger partial charge in [0, 0.05) is 23.0 Å². The van der Waals surface area contributed by atoms with Gasteiger partial charge in [-0.05, 0) is 31.2 Å². The summed E-state index contributed by atoms with van der Waals surface area (Å²) in [5.74, 6) is -0.916. The summed E-state index contributed by atoms with van der Waals surface area (Å²) in [4.78, 5) is 21.0. The van der Waals surface area contributed by atoms with E-state index in [1.807, 2.05) is 0 Å². The van der Waals surface area contributed by atoms with Gasteiger partial charge in [-0.15, -0.1) is 5.10 Å². The van der Waals surface area contributed by atoms with Crippen molar-refractivity contribution in [3.05, 3.63) is 70.6 Å². The highest BCUT2D eigenvalue weighted by molar-refractivity contribution is 7.16. The second kappa shape index (κ2) is 10.1. The fourth-order valence-corrected chi connectivity index (χ4v) is 3.97. The smallest absolute Gasteiger partial charge is 0.387 e. The van der Waals surface area contributed by atoms with Crippen LogP contribution >= 0.6 is 22.9 Å². The number of nitrogens with zero attached hydrogens (tertiary/aromatic N) is 4. The van der Waals surface area contributed by atoms with Crippen molar-refractivity contribution in [1.29, 1.82) is 0 Å². The third-order valence-corrected chi connectivity index (χ3v) is 5.59. The van der Waals surface area contributed by atoms with Gasteiger partial charge >= 0.3 is 6.61 Å². The maximum atomic E-state index is 12.9. The number of ether oxygens (including phenoxy) is 2. The first-order valence-electron chi connectivity index (χ1n) is 9.74. The van der Waals surface area contributed by atoms with Crippen LogP contribution in [0.3, 0.4) is 0 Å². The lowest BCUT2D eigenvalue weighted by atomic mass is 9.96. The summed E-state index contributed by atoms with van der Waals surface area (Å²) in [5, 5.41) is 9.06. The molecule has 0 spiro atoms. The van der Waals surface area contributed by atoms with Crippen LogP contribution in [0.4, 0.5) is 8.78 Å². The third-order valence-electron chi connectivity index (χ3n) is 4.53. The van der Waals surface area contributed by atoms with Gasteiger partial charge in [0.25, 0.3) is 11.1 Å². The van der Waals surface area contributed by atoms with Gasteiger partial charge in [-0.3, -0.25) is 9.78 Å². The average molecular weight is 504 g/mol. The molecule has 4 aromatic rings. The highest BCUT2D eigenvalue weighted by Gasteiger charge is 2.24. The molecule has 0 aliphatic carbocycles. The van der Waals surface area contributed by atoms with Crippen LogP contribution in [0.5, 0.6) is 10.9 Å². The summed E-state index contributed by atoms with van der Waals surface area (Å²) in [6, 6.07) is 11.1. The molecule has 0 bridgehead atoms. The minimum atomic E-state index is -3.04. The number of pyridine rings is 2. The number of alkyl halides is 2. The average Bonchev–Trinajstić information content (AvgIpc) is 3.27. The fourth-order valence-electron chi connectivity index (χ4n) is 3.17. The monoisotopic (exact) mass is 503 g/mol. The zero-order chi connectivity index (χ0) is 24.2. The summed E-state index contributed by atoms with van der Waals surface area (Å²) >= 11 is 6.88. The van der Waals surface area contributed by atoms with Crippen molar-refractivity contribution in [2.45, 2.75) is 20.1 Å². The van der Waals surface area contributed by atoms with E-state index in [1.54, 1.807) is 43.3 Å². The first-order chi connectivity index (χ1) is 16.3. The van der Waals surface area contributed by atoms with Gasteiger partial charge in [-0.25, -0.2) is 4.98 Å². The van der Waals surface area contributed by atoms with Gasteiger partial charge in [0.2, 0.25) is 0 Å². The molecule has 0 unspecified atom stereocenters. The van der Waals surface area contributed by atoms with Crippen molar-refractivity contribution < 1.29 is 23.0 Å². The minimum Gasteiger partial charge on any atom is -0.462 e. The molecule has 1 amide bonds. The Balaban J connectivity index is 1.72. The zero-order valence-electron chi connectivity index (χ0n) is 17.5. The SMILES string of the molecule is Cc1cc(-c2ccccc2OC(F)F)c(C(N)=O)c(-c2nnc(OCc3ccc(Cl)cn3)s2)n1. The Hall–Kier alpha value is -3.70. The van der Waals surface area contributed by atoms with Crippen molar-refractivity contribution in [3.8, 4) is 32.8 Å². The summed E-state index contributed by atoms with van der Waals surface area (Å²) in [7, 11) is 0. The lowest BCUT2D eigenvalue weighted by Gasteiger charge is -2.15. The van der Waals surface area contributed by atoms with Crippen LogP contribution in [-0.2, 0) is 6.61 Å². The van der Waals surface area contributed by atoms with Crippen LogP contribution in [0.1, 0.15) is 21.7 Å². The first-order valence-corrected chi connectivity index (χ1v) is 10.9. The van der Waals surface area contributed by atoms with E-state index in [1.165, 1.54) is 12.3 Å². The summed E-state index contributed by atoms with van der Waals surface area (Å²) < 4.78 is 36.2. The number of aryl methyl sites for hydroxylation is 1. The number of rotatable bonds is 8. The van der Waals surface area contributed by atoms with E-state index in [2.05, 4.69) is 24.9 Å². The van der Waals surface area contributed by atoms with Crippen molar-refractivity contribution in [2.24, 2.45) is 5.73 Å². The van der Waals surface area contributed by atoms with Crippen molar-refractivity contribution >= 4 is 28.8 Å². The van der Waals surface area contributed by atoms with E-state index in [4.69, 9.17) is 22.1 Å². The zero-order valence-corrected chi connectivity index (χ0v) is 19.1. The fraction of sp³-hybridized carbons (Fsp3) is 0.136. The number of amides is 1. The normalized spacial score (nSPS) is 11.0. The molecule has 4 rings (SSSR count). The summed E-state index contributed by atoms with van der Waals surface area (Å²) in [5.41, 5.74) is 7.52. The molecular formula is C22H16ClF2N5O3S. The Morgan fingerprint density at radius 2 is 1.97 bits per heavy atom. The molecule has 0 atom stereocenters. The van der Waals surface area contributed by atoms with Gasteiger partial charge in [-0.1, -0.05) is 46.2 Å². The lowest BCUT2D eigenvalue weighted by molar-refractivity contribution is -0.0494. The molecule has 34 heavy (non-hydrogen) atoms. The molecule has 0 radical (unpaired) electrons. The highest BCUT2D eigenvalue weighted by atomic mass is 35.5. The Kier molecular flexibility index (Phi) is 6.94. The molecule has 2 N–H and O–H groups in total. The van der Waals surface area contributed by atoms with E-state index in [9.17, 15) is 13.6 Å². The molecule has 174 valence electrons. The molecule has 3 aromatic heterocycles. The van der Waals surface area contributed by atoms with Gasteiger partial charge in [0.05, 0.1) is 16.3 Å². The molecule has 0 aliphatic rings. The predicted molar refractivity (Wildman–Crippen MR) is 122 cm³/mol. The van der Waals surface area contributed by atoms with Gasteiger partial charge in [-0.2, -0.15) is 8.78 Å². The first kappa shape index (κ1) is 23.5. The number of primary amides is 1. The number of para-hydroxylation sites is 1. The van der Waals surface area contributed by atoms with E-state index in [-0.39, 0.29) is 44.9 Å². The predicted octanol–water partition coefficient (Wildman–Crippen LogP) is 4.90. The molecule has 12 heteroatoms. The van der Waals surface area contributed by atoms with Crippen molar-refractivity contribution in [1.82, 2.24) is 20.2 Å². The number of benzene rings is 1. The van der Waals surface area contributed by atoms with E-state index in [0.29, 0.717) is 16.4 Å². The molecule has 1 aromatic carbocycles. The Labute approximate surface area is 201 Å². The van der Waals surface area contributed by atoms with Crippen molar-refractivity contribution in [3.63, 3.8) is 0 Å². The van der Waals surface area contributed by atoms with Gasteiger partial charge < -0.3 is 15.2 Å². The van der Waals surface area contributed by atoms with Crippen LogP contribution < -0.4 is 15.2 Å². The molecule has 0 saturated heterocycles. The highest BCUT2D eigenvalue weighted by Crippen LogP contribution is 2.38. The molecule has 0 saturated carbocycles. The second-order valence-corrected chi connectivity index (χ2v) is 8.28. The number of carbonyl (C=O) groups excluding carboxylic acids is 1. The Bertz CT molecular complexity index is 1330. The van der Waals surface area contributed by atoms with Crippen LogP contribution in [-0.4, -0.2) is 32.7 Å². The third kappa shape index (κ3) is 5.26. The topological polar surface area (TPSA) is 113 Å². The molecule has 3 heterocycles. The maximum Gasteiger partial charge on any atom is 0.387 e. The summed E-state index contributed by atoms with van der Waals surface area (Å²) in [6.45, 7) is -1.23. The van der Waals surface area contributed by atoms with E-state index >= 15 is 0 Å². The number of carbonyl (C=O) groups is 1. The quantitative estimate of drug-likeness (QED) is 0.363. The molecular weight excluding hydrogens is 488 g/mol. The number of halogens is 3. The number of hydrogen-bond donors (Lipinski definition) is 1. The molecule has 8 nitrogen and oxygen atoms in total. The summed E-state index contributed by atoms with van der Waals surface area (Å²) in [6.07, 6.45) is 1.50. The van der Waals surface area contributed by atoms with E-state index in [0.717, 1.165) is 11.3 Å². The lowest BCUT2D eigenvalue weighted by Crippen LogP contribution is -2.16. The van der Waals surface area contributed by atoms with Crippen LogP contribution in [0.25, 0.3) is 21.8 Å². The Morgan fingerprint density at radius 1 is 1.18 bits per heavy atom. The van der Waals surface area contributed by atoms with Gasteiger partial charge in [0.1, 0.15) is 18.1 Å². The Morgan fingerprint density at radius 3 is 2.68 bits per heavy atom.